The third-order valence-corrected chi connectivity index (χ3v) is 5.81. The fraction of sp³-hybridized carbons (Fsp3) is 0.435. The Balaban J connectivity index is 1.46. The van der Waals surface area contributed by atoms with E-state index >= 15 is 0 Å². The first-order chi connectivity index (χ1) is 14.8. The number of pyridine rings is 2. The summed E-state index contributed by atoms with van der Waals surface area (Å²) in [5.41, 5.74) is 4.00. The van der Waals surface area contributed by atoms with Crippen molar-refractivity contribution in [3.8, 4) is 0 Å². The summed E-state index contributed by atoms with van der Waals surface area (Å²) in [7, 11) is 0. The average molecular weight is 421 g/mol. The number of hydrogen-bond acceptors (Lipinski definition) is 5. The molecule has 4 rings (SSSR count). The van der Waals surface area contributed by atoms with Crippen molar-refractivity contribution in [3.05, 3.63) is 53.1 Å². The molecule has 3 aromatic heterocycles. The number of rotatable bonds is 5. The summed E-state index contributed by atoms with van der Waals surface area (Å²) >= 11 is 0. The zero-order valence-electron chi connectivity index (χ0n) is 18.4. The van der Waals surface area contributed by atoms with Crippen molar-refractivity contribution in [3.63, 3.8) is 0 Å². The highest BCUT2D eigenvalue weighted by molar-refractivity contribution is 6.05. The van der Waals surface area contributed by atoms with Crippen molar-refractivity contribution in [1.82, 2.24) is 30.0 Å². The number of hydrogen-bond donors (Lipinski definition) is 1. The Hall–Kier alpha value is -3.29. The van der Waals surface area contributed by atoms with Gasteiger partial charge in [-0.15, -0.1) is 0 Å². The average Bonchev–Trinajstić information content (AvgIpc) is 3.39. The van der Waals surface area contributed by atoms with Crippen LogP contribution in [0, 0.1) is 19.8 Å². The summed E-state index contributed by atoms with van der Waals surface area (Å²) in [6.45, 7) is 9.29. The van der Waals surface area contributed by atoms with E-state index in [1.54, 1.807) is 17.3 Å². The molecule has 3 aromatic rings. The standard InChI is InChI=1S/C23H28N6O2/c1-14(2)29-21-19(11-26-29)18(10-16(4)27-21)23(31)28-9-7-17(13-28)22(30)25-12-20-15(3)6-5-8-24-20/h5-6,8,10-11,14,17H,7,9,12-13H2,1-4H3,(H,25,30). The number of likely N-dealkylation sites (tertiary alicyclic amines) is 1. The van der Waals surface area contributed by atoms with Crippen molar-refractivity contribution in [1.29, 1.82) is 0 Å². The Bertz CT molecular complexity index is 1140. The minimum absolute atomic E-state index is 0.0379. The predicted octanol–water partition coefficient (Wildman–Crippen LogP) is 2.80. The molecule has 4 heterocycles. The molecule has 1 unspecified atom stereocenters. The SMILES string of the molecule is Cc1cc(C(=O)N2CCC(C(=O)NCc3ncccc3C)C2)c2cnn(C(C)C)c2n1. The fourth-order valence-electron chi connectivity index (χ4n) is 4.05. The molecule has 0 spiro atoms. The van der Waals surface area contributed by atoms with Gasteiger partial charge >= 0.3 is 0 Å². The number of nitrogens with one attached hydrogen (secondary N) is 1. The monoisotopic (exact) mass is 420 g/mol. The molecular formula is C23H28N6O2. The van der Waals surface area contributed by atoms with Crippen molar-refractivity contribution >= 4 is 22.8 Å². The van der Waals surface area contributed by atoms with E-state index < -0.39 is 0 Å². The summed E-state index contributed by atoms with van der Waals surface area (Å²) < 4.78 is 1.83. The molecule has 1 atom stereocenters. The molecule has 8 nitrogen and oxygen atoms in total. The normalized spacial score (nSPS) is 16.3. The van der Waals surface area contributed by atoms with Gasteiger partial charge in [0.25, 0.3) is 5.91 Å². The summed E-state index contributed by atoms with van der Waals surface area (Å²) in [4.78, 5) is 36.7. The molecule has 0 bridgehead atoms. The molecule has 0 saturated carbocycles. The summed E-state index contributed by atoms with van der Waals surface area (Å²) in [5, 5.41) is 8.15. The number of carbonyl (C=O) groups is 2. The van der Waals surface area contributed by atoms with Crippen molar-refractivity contribution in [2.75, 3.05) is 13.1 Å². The van der Waals surface area contributed by atoms with Gasteiger partial charge in [0, 0.05) is 31.0 Å². The van der Waals surface area contributed by atoms with E-state index in [2.05, 4.69) is 20.4 Å². The highest BCUT2D eigenvalue weighted by Gasteiger charge is 2.32. The smallest absolute Gasteiger partial charge is 0.254 e. The number of carbonyl (C=O) groups excluding carboxylic acids is 2. The van der Waals surface area contributed by atoms with Crippen LogP contribution >= 0.6 is 0 Å². The molecule has 8 heteroatoms. The van der Waals surface area contributed by atoms with E-state index in [4.69, 9.17) is 0 Å². The van der Waals surface area contributed by atoms with Crippen LogP contribution in [0.1, 0.15) is 53.6 Å². The van der Waals surface area contributed by atoms with Crippen molar-refractivity contribution in [2.45, 2.75) is 46.7 Å². The Morgan fingerprint density at radius 1 is 1.29 bits per heavy atom. The second-order valence-corrected chi connectivity index (χ2v) is 8.45. The van der Waals surface area contributed by atoms with Gasteiger partial charge in [0.1, 0.15) is 0 Å². The topological polar surface area (TPSA) is 93.0 Å². The molecule has 1 saturated heterocycles. The molecule has 0 aromatic carbocycles. The summed E-state index contributed by atoms with van der Waals surface area (Å²) in [6, 6.07) is 5.82. The minimum Gasteiger partial charge on any atom is -0.350 e. The quantitative estimate of drug-likeness (QED) is 0.685. The van der Waals surface area contributed by atoms with Crippen molar-refractivity contribution < 1.29 is 9.59 Å². The molecule has 0 radical (unpaired) electrons. The highest BCUT2D eigenvalue weighted by Crippen LogP contribution is 2.25. The number of amides is 2. The number of aromatic nitrogens is 4. The highest BCUT2D eigenvalue weighted by atomic mass is 16.2. The van der Waals surface area contributed by atoms with Crippen LogP contribution in [0.25, 0.3) is 11.0 Å². The maximum absolute atomic E-state index is 13.3. The van der Waals surface area contributed by atoms with E-state index in [-0.39, 0.29) is 23.8 Å². The van der Waals surface area contributed by atoms with Gasteiger partial charge in [0.05, 0.1) is 35.3 Å². The van der Waals surface area contributed by atoms with Crippen LogP contribution in [0.15, 0.2) is 30.6 Å². The lowest BCUT2D eigenvalue weighted by atomic mass is 10.1. The lowest BCUT2D eigenvalue weighted by molar-refractivity contribution is -0.124. The molecular weight excluding hydrogens is 392 g/mol. The Morgan fingerprint density at radius 3 is 2.84 bits per heavy atom. The molecule has 2 amide bonds. The number of aryl methyl sites for hydroxylation is 2. The van der Waals surface area contributed by atoms with Crippen molar-refractivity contribution in [2.24, 2.45) is 5.92 Å². The maximum Gasteiger partial charge on any atom is 0.254 e. The first-order valence-electron chi connectivity index (χ1n) is 10.7. The van der Waals surface area contributed by atoms with Gasteiger partial charge in [-0.25, -0.2) is 9.67 Å². The minimum atomic E-state index is -0.218. The van der Waals surface area contributed by atoms with Crippen LogP contribution in [0.5, 0.6) is 0 Å². The van der Waals surface area contributed by atoms with E-state index in [0.29, 0.717) is 31.6 Å². The lowest BCUT2D eigenvalue weighted by Crippen LogP contribution is -2.34. The predicted molar refractivity (Wildman–Crippen MR) is 117 cm³/mol. The van der Waals surface area contributed by atoms with E-state index in [9.17, 15) is 9.59 Å². The van der Waals surface area contributed by atoms with Gasteiger partial charge < -0.3 is 10.2 Å². The van der Waals surface area contributed by atoms with Crippen LogP contribution in [0.3, 0.4) is 0 Å². The van der Waals surface area contributed by atoms with Gasteiger partial charge in [-0.1, -0.05) is 6.07 Å². The Labute approximate surface area is 181 Å². The third kappa shape index (κ3) is 4.15. The maximum atomic E-state index is 13.3. The van der Waals surface area contributed by atoms with E-state index in [0.717, 1.165) is 28.0 Å². The van der Waals surface area contributed by atoms with Gasteiger partial charge in [-0.3, -0.25) is 14.6 Å². The van der Waals surface area contributed by atoms with Gasteiger partial charge in [0.2, 0.25) is 5.91 Å². The van der Waals surface area contributed by atoms with Crippen LogP contribution in [-0.4, -0.2) is 49.6 Å². The van der Waals surface area contributed by atoms with E-state index in [1.165, 1.54) is 0 Å². The summed E-state index contributed by atoms with van der Waals surface area (Å²) in [5.74, 6) is -0.330. The largest absolute Gasteiger partial charge is 0.350 e. The summed E-state index contributed by atoms with van der Waals surface area (Å²) in [6.07, 6.45) is 4.09. The molecule has 1 aliphatic heterocycles. The zero-order valence-corrected chi connectivity index (χ0v) is 18.4. The second-order valence-electron chi connectivity index (χ2n) is 8.45. The first-order valence-corrected chi connectivity index (χ1v) is 10.7. The molecule has 31 heavy (non-hydrogen) atoms. The fourth-order valence-corrected chi connectivity index (χ4v) is 4.05. The first kappa shape index (κ1) is 21.0. The third-order valence-electron chi connectivity index (χ3n) is 5.81. The molecule has 1 N–H and O–H groups in total. The molecule has 0 aliphatic carbocycles. The van der Waals surface area contributed by atoms with Crippen LogP contribution in [-0.2, 0) is 11.3 Å². The Kier molecular flexibility index (Phi) is 5.71. The Morgan fingerprint density at radius 2 is 2.10 bits per heavy atom. The molecule has 162 valence electrons. The number of nitrogens with zero attached hydrogens (tertiary/aromatic N) is 5. The van der Waals surface area contributed by atoms with Crippen LogP contribution in [0.2, 0.25) is 0 Å². The van der Waals surface area contributed by atoms with E-state index in [1.807, 2.05) is 50.6 Å². The molecule has 1 aliphatic rings. The zero-order chi connectivity index (χ0) is 22.1. The van der Waals surface area contributed by atoms with Gasteiger partial charge in [0.15, 0.2) is 5.65 Å². The van der Waals surface area contributed by atoms with Crippen LogP contribution < -0.4 is 5.32 Å². The van der Waals surface area contributed by atoms with Gasteiger partial charge in [-0.2, -0.15) is 5.10 Å². The second kappa shape index (κ2) is 8.45. The van der Waals surface area contributed by atoms with Crippen LogP contribution in [0.4, 0.5) is 0 Å². The number of fused-ring (bicyclic) bond motifs is 1. The van der Waals surface area contributed by atoms with Gasteiger partial charge in [-0.05, 0) is 51.8 Å². The molecule has 1 fully saturated rings. The lowest BCUT2D eigenvalue weighted by Gasteiger charge is -2.18.